The summed E-state index contributed by atoms with van der Waals surface area (Å²) in [6.45, 7) is 3.80. The van der Waals surface area contributed by atoms with Gasteiger partial charge in [-0.15, -0.1) is 0 Å². The third kappa shape index (κ3) is 2.73. The van der Waals surface area contributed by atoms with Crippen molar-refractivity contribution in [1.82, 2.24) is 0 Å². The molecule has 1 aromatic rings. The van der Waals surface area contributed by atoms with E-state index in [9.17, 15) is 4.79 Å². The minimum atomic E-state index is -0.984. The summed E-state index contributed by atoms with van der Waals surface area (Å²) >= 11 is 2.05. The van der Waals surface area contributed by atoms with Gasteiger partial charge in [-0.1, -0.05) is 12.7 Å². The second-order valence-electron chi connectivity index (χ2n) is 2.55. The van der Waals surface area contributed by atoms with E-state index in [-0.39, 0.29) is 5.56 Å². The number of rotatable bonds is 4. The molecule has 0 aliphatic heterocycles. The van der Waals surface area contributed by atoms with Gasteiger partial charge < -0.3 is 9.84 Å². The van der Waals surface area contributed by atoms with Crippen molar-refractivity contribution in [2.24, 2.45) is 0 Å². The Bertz CT molecular complexity index is 360. The Morgan fingerprint density at radius 1 is 1.64 bits per heavy atom. The third-order valence-electron chi connectivity index (χ3n) is 1.53. The first-order valence-corrected chi connectivity index (χ1v) is 4.99. The van der Waals surface area contributed by atoms with Crippen LogP contribution in [-0.2, 0) is 0 Å². The maximum atomic E-state index is 10.8. The van der Waals surface area contributed by atoms with E-state index in [0.717, 1.165) is 3.57 Å². The first-order valence-electron chi connectivity index (χ1n) is 3.91. The molecule has 0 bridgehead atoms. The van der Waals surface area contributed by atoms with Crippen molar-refractivity contribution in [2.75, 3.05) is 6.61 Å². The van der Waals surface area contributed by atoms with Crippen LogP contribution in [-0.4, -0.2) is 17.7 Å². The first kappa shape index (κ1) is 11.0. The second kappa shape index (κ2) is 4.99. The molecule has 0 fully saturated rings. The summed E-state index contributed by atoms with van der Waals surface area (Å²) in [5.41, 5.74) is 0.179. The number of hydrogen-bond donors (Lipinski definition) is 1. The Labute approximate surface area is 95.5 Å². The van der Waals surface area contributed by atoms with Crippen molar-refractivity contribution in [3.63, 3.8) is 0 Å². The molecular formula is C10H9IO3. The molecule has 1 aromatic carbocycles. The van der Waals surface area contributed by atoms with Crippen molar-refractivity contribution in [1.29, 1.82) is 0 Å². The lowest BCUT2D eigenvalue weighted by Gasteiger charge is -2.06. The SMILES string of the molecule is C=CCOc1ccc(I)cc1C(=O)O. The molecule has 0 aromatic heterocycles. The number of carbonyl (C=O) groups is 1. The van der Waals surface area contributed by atoms with Gasteiger partial charge in [-0.05, 0) is 40.8 Å². The fourth-order valence-corrected chi connectivity index (χ4v) is 1.44. The van der Waals surface area contributed by atoms with E-state index in [1.807, 2.05) is 0 Å². The molecule has 0 spiro atoms. The van der Waals surface area contributed by atoms with Crippen molar-refractivity contribution in [3.8, 4) is 5.75 Å². The highest BCUT2D eigenvalue weighted by molar-refractivity contribution is 14.1. The zero-order valence-electron chi connectivity index (χ0n) is 7.37. The minimum Gasteiger partial charge on any atom is -0.489 e. The largest absolute Gasteiger partial charge is 0.489 e. The van der Waals surface area contributed by atoms with E-state index < -0.39 is 5.97 Å². The molecule has 0 heterocycles. The average molecular weight is 304 g/mol. The molecule has 0 aliphatic carbocycles. The van der Waals surface area contributed by atoms with Crippen LogP contribution in [0.5, 0.6) is 5.75 Å². The molecule has 0 radical (unpaired) electrons. The molecule has 0 amide bonds. The molecule has 0 saturated carbocycles. The standard InChI is InChI=1S/C10H9IO3/c1-2-5-14-9-4-3-7(11)6-8(9)10(12)13/h2-4,6H,1,5H2,(H,12,13). The van der Waals surface area contributed by atoms with Gasteiger partial charge in [-0.25, -0.2) is 4.79 Å². The number of halogens is 1. The van der Waals surface area contributed by atoms with E-state index in [1.165, 1.54) is 0 Å². The molecule has 1 N–H and O–H groups in total. The van der Waals surface area contributed by atoms with Gasteiger partial charge >= 0.3 is 5.97 Å². The van der Waals surface area contributed by atoms with E-state index in [0.29, 0.717) is 12.4 Å². The maximum Gasteiger partial charge on any atom is 0.339 e. The fraction of sp³-hybridized carbons (Fsp3) is 0.100. The van der Waals surface area contributed by atoms with Crippen molar-refractivity contribution >= 4 is 28.6 Å². The molecule has 14 heavy (non-hydrogen) atoms. The molecular weight excluding hydrogens is 295 g/mol. The Morgan fingerprint density at radius 3 is 2.93 bits per heavy atom. The van der Waals surface area contributed by atoms with Gasteiger partial charge in [0.1, 0.15) is 17.9 Å². The van der Waals surface area contributed by atoms with Crippen LogP contribution in [0.4, 0.5) is 0 Å². The highest BCUT2D eigenvalue weighted by atomic mass is 127. The molecule has 0 atom stereocenters. The van der Waals surface area contributed by atoms with Gasteiger partial charge in [0.15, 0.2) is 0 Å². The van der Waals surface area contributed by atoms with Crippen molar-refractivity contribution in [3.05, 3.63) is 40.0 Å². The predicted molar refractivity (Wildman–Crippen MR) is 61.8 cm³/mol. The van der Waals surface area contributed by atoms with Gasteiger partial charge in [0.2, 0.25) is 0 Å². The zero-order valence-corrected chi connectivity index (χ0v) is 9.52. The lowest BCUT2D eigenvalue weighted by molar-refractivity contribution is 0.0692. The van der Waals surface area contributed by atoms with Crippen molar-refractivity contribution in [2.45, 2.75) is 0 Å². The first-order chi connectivity index (χ1) is 6.65. The quantitative estimate of drug-likeness (QED) is 0.687. The maximum absolute atomic E-state index is 10.8. The number of aromatic carboxylic acids is 1. The molecule has 0 aliphatic rings. The number of hydrogen-bond acceptors (Lipinski definition) is 2. The van der Waals surface area contributed by atoms with Gasteiger partial charge in [0.25, 0.3) is 0 Å². The summed E-state index contributed by atoms with van der Waals surface area (Å²) in [7, 11) is 0. The highest BCUT2D eigenvalue weighted by Crippen LogP contribution is 2.21. The van der Waals surface area contributed by atoms with Crippen LogP contribution in [0.2, 0.25) is 0 Å². The number of benzene rings is 1. The van der Waals surface area contributed by atoms with Crippen LogP contribution in [0.3, 0.4) is 0 Å². The van der Waals surface area contributed by atoms with Gasteiger partial charge in [0.05, 0.1) is 0 Å². The summed E-state index contributed by atoms with van der Waals surface area (Å²) < 4.78 is 6.07. The highest BCUT2D eigenvalue weighted by Gasteiger charge is 2.10. The topological polar surface area (TPSA) is 46.5 Å². The number of carboxylic acids is 1. The zero-order chi connectivity index (χ0) is 10.6. The Morgan fingerprint density at radius 2 is 2.36 bits per heavy atom. The Balaban J connectivity index is 3.01. The summed E-state index contributed by atoms with van der Waals surface area (Å²) in [6, 6.07) is 5.02. The molecule has 0 saturated heterocycles. The molecule has 1 rings (SSSR count). The van der Waals surface area contributed by atoms with Gasteiger partial charge in [-0.2, -0.15) is 0 Å². The third-order valence-corrected chi connectivity index (χ3v) is 2.20. The van der Waals surface area contributed by atoms with Crippen LogP contribution in [0.1, 0.15) is 10.4 Å². The van der Waals surface area contributed by atoms with Crippen LogP contribution >= 0.6 is 22.6 Å². The lowest BCUT2D eigenvalue weighted by Crippen LogP contribution is -2.03. The normalized spacial score (nSPS) is 9.50. The predicted octanol–water partition coefficient (Wildman–Crippen LogP) is 2.55. The van der Waals surface area contributed by atoms with Crippen LogP contribution in [0.25, 0.3) is 0 Å². The Hall–Kier alpha value is -1.04. The van der Waals surface area contributed by atoms with Gasteiger partial charge in [0, 0.05) is 3.57 Å². The van der Waals surface area contributed by atoms with E-state index >= 15 is 0 Å². The van der Waals surface area contributed by atoms with Gasteiger partial charge in [-0.3, -0.25) is 0 Å². The second-order valence-corrected chi connectivity index (χ2v) is 3.79. The lowest BCUT2D eigenvalue weighted by atomic mass is 10.2. The van der Waals surface area contributed by atoms with Crippen LogP contribution in [0, 0.1) is 3.57 Å². The van der Waals surface area contributed by atoms with Crippen molar-refractivity contribution < 1.29 is 14.6 Å². The average Bonchev–Trinajstić information content (AvgIpc) is 2.15. The summed E-state index contributed by atoms with van der Waals surface area (Å²) in [4.78, 5) is 10.8. The molecule has 4 heteroatoms. The van der Waals surface area contributed by atoms with Crippen LogP contribution < -0.4 is 4.74 Å². The number of ether oxygens (including phenoxy) is 1. The Kier molecular flexibility index (Phi) is 3.94. The van der Waals surface area contributed by atoms with E-state index in [4.69, 9.17) is 9.84 Å². The molecule has 74 valence electrons. The monoisotopic (exact) mass is 304 g/mol. The summed E-state index contributed by atoms with van der Waals surface area (Å²) in [6.07, 6.45) is 1.57. The molecule has 3 nitrogen and oxygen atoms in total. The summed E-state index contributed by atoms with van der Waals surface area (Å²) in [5.74, 6) is -0.611. The fourth-order valence-electron chi connectivity index (χ4n) is 0.944. The molecule has 0 unspecified atom stereocenters. The number of carboxylic acid groups (broad SMARTS) is 1. The summed E-state index contributed by atoms with van der Waals surface area (Å²) in [5, 5.41) is 8.88. The van der Waals surface area contributed by atoms with Crippen LogP contribution in [0.15, 0.2) is 30.9 Å². The van der Waals surface area contributed by atoms with E-state index in [1.54, 1.807) is 24.3 Å². The minimum absolute atomic E-state index is 0.179. The van der Waals surface area contributed by atoms with E-state index in [2.05, 4.69) is 29.2 Å². The smallest absolute Gasteiger partial charge is 0.339 e.